The van der Waals surface area contributed by atoms with Gasteiger partial charge in [-0.15, -0.1) is 0 Å². The predicted octanol–water partition coefficient (Wildman–Crippen LogP) is 2.04. The van der Waals surface area contributed by atoms with Crippen LogP contribution >= 0.6 is 0 Å². The van der Waals surface area contributed by atoms with Crippen LogP contribution in [-0.4, -0.2) is 34.3 Å². The highest BCUT2D eigenvalue weighted by molar-refractivity contribution is 5.55. The van der Waals surface area contributed by atoms with Gasteiger partial charge in [-0.05, 0) is 12.1 Å². The Morgan fingerprint density at radius 1 is 1.23 bits per heavy atom. The number of aromatic nitrogens is 3. The van der Waals surface area contributed by atoms with E-state index in [1.54, 1.807) is 12.3 Å². The summed E-state index contributed by atoms with van der Waals surface area (Å²) in [6.07, 6.45) is 5.14. The van der Waals surface area contributed by atoms with Gasteiger partial charge < -0.3 is 14.8 Å². The number of nitriles is 1. The molecule has 0 amide bonds. The Morgan fingerprint density at radius 2 is 2.09 bits per heavy atom. The molecule has 0 spiro atoms. The molecule has 2 aromatic heterocycles. The molecule has 7 heteroatoms. The number of pyridine rings is 1. The van der Waals surface area contributed by atoms with E-state index in [0.29, 0.717) is 11.7 Å². The number of nitrogens with zero attached hydrogens (tertiary/aromatic N) is 4. The molecule has 1 aliphatic rings. The van der Waals surface area contributed by atoms with Crippen LogP contribution in [0.25, 0.3) is 0 Å². The summed E-state index contributed by atoms with van der Waals surface area (Å²) in [6.45, 7) is 1.47. The summed E-state index contributed by atoms with van der Waals surface area (Å²) in [6, 6.07) is 7.25. The second-order valence-electron chi connectivity index (χ2n) is 4.82. The number of nitrogens with one attached hydrogen (secondary N) is 1. The smallest absolute Gasteiger partial charge is 0.234 e. The van der Waals surface area contributed by atoms with Gasteiger partial charge in [-0.25, -0.2) is 15.0 Å². The molecule has 22 heavy (non-hydrogen) atoms. The lowest BCUT2D eigenvalue weighted by molar-refractivity contribution is 0.0237. The molecule has 0 radical (unpaired) electrons. The standard InChI is InChI=1S/C15H15N5O2/c16-9-14-17-6-3-13(20-14)19-11-1-2-15(18-10-11)22-12-4-7-21-8-5-12/h1-3,6,10,12H,4-5,7-8H2,(H,17,19,20). The van der Waals surface area contributed by atoms with Gasteiger partial charge in [0, 0.05) is 25.1 Å². The Bertz CT molecular complexity index is 662. The quantitative estimate of drug-likeness (QED) is 0.923. The highest BCUT2D eigenvalue weighted by Crippen LogP contribution is 2.19. The third kappa shape index (κ3) is 3.68. The first kappa shape index (κ1) is 14.2. The van der Waals surface area contributed by atoms with Gasteiger partial charge in [0.05, 0.1) is 25.1 Å². The zero-order valence-electron chi connectivity index (χ0n) is 11.9. The van der Waals surface area contributed by atoms with Gasteiger partial charge in [0.1, 0.15) is 18.0 Å². The third-order valence-corrected chi connectivity index (χ3v) is 3.22. The summed E-state index contributed by atoms with van der Waals surface area (Å²) >= 11 is 0. The number of hydrogen-bond donors (Lipinski definition) is 1. The Balaban J connectivity index is 1.62. The van der Waals surface area contributed by atoms with Crippen molar-refractivity contribution in [2.24, 2.45) is 0 Å². The number of hydrogen-bond acceptors (Lipinski definition) is 7. The molecular weight excluding hydrogens is 282 g/mol. The van der Waals surface area contributed by atoms with Crippen molar-refractivity contribution in [1.29, 1.82) is 5.26 Å². The first-order valence-corrected chi connectivity index (χ1v) is 7.04. The second kappa shape index (κ2) is 6.83. The molecule has 1 N–H and O–H groups in total. The minimum Gasteiger partial charge on any atom is -0.474 e. The van der Waals surface area contributed by atoms with E-state index in [1.165, 1.54) is 6.20 Å². The van der Waals surface area contributed by atoms with E-state index < -0.39 is 0 Å². The van der Waals surface area contributed by atoms with Crippen LogP contribution in [0.3, 0.4) is 0 Å². The van der Waals surface area contributed by atoms with Gasteiger partial charge in [-0.1, -0.05) is 0 Å². The first-order valence-electron chi connectivity index (χ1n) is 7.04. The molecule has 1 aliphatic heterocycles. The van der Waals surface area contributed by atoms with E-state index in [9.17, 15) is 0 Å². The SMILES string of the molecule is N#Cc1nccc(Nc2ccc(OC3CCOCC3)nc2)n1. The van der Waals surface area contributed by atoms with Gasteiger partial charge in [-0.3, -0.25) is 0 Å². The van der Waals surface area contributed by atoms with E-state index in [4.69, 9.17) is 14.7 Å². The Labute approximate surface area is 128 Å². The van der Waals surface area contributed by atoms with Gasteiger partial charge in [0.15, 0.2) is 0 Å². The monoisotopic (exact) mass is 297 g/mol. The lowest BCUT2D eigenvalue weighted by Crippen LogP contribution is -2.26. The van der Waals surface area contributed by atoms with Crippen molar-refractivity contribution < 1.29 is 9.47 Å². The molecule has 112 valence electrons. The lowest BCUT2D eigenvalue weighted by atomic mass is 10.1. The molecule has 3 heterocycles. The number of ether oxygens (including phenoxy) is 2. The van der Waals surface area contributed by atoms with Crippen LogP contribution < -0.4 is 10.1 Å². The van der Waals surface area contributed by atoms with Gasteiger partial charge in [-0.2, -0.15) is 5.26 Å². The summed E-state index contributed by atoms with van der Waals surface area (Å²) in [4.78, 5) is 12.1. The van der Waals surface area contributed by atoms with E-state index in [1.807, 2.05) is 18.2 Å². The Kier molecular flexibility index (Phi) is 4.41. The average molecular weight is 297 g/mol. The molecule has 0 atom stereocenters. The van der Waals surface area contributed by atoms with Crippen molar-refractivity contribution in [2.45, 2.75) is 18.9 Å². The molecule has 0 aliphatic carbocycles. The van der Waals surface area contributed by atoms with E-state index in [-0.39, 0.29) is 11.9 Å². The van der Waals surface area contributed by atoms with Crippen LogP contribution in [0.15, 0.2) is 30.6 Å². The average Bonchev–Trinajstić information content (AvgIpc) is 2.58. The van der Waals surface area contributed by atoms with Crippen molar-refractivity contribution in [3.05, 3.63) is 36.4 Å². The van der Waals surface area contributed by atoms with Crippen LogP contribution in [-0.2, 0) is 4.74 Å². The maximum Gasteiger partial charge on any atom is 0.234 e. The molecule has 0 bridgehead atoms. The number of rotatable bonds is 4. The molecule has 2 aromatic rings. The van der Waals surface area contributed by atoms with Crippen LogP contribution in [0.5, 0.6) is 5.88 Å². The zero-order chi connectivity index (χ0) is 15.2. The summed E-state index contributed by atoms with van der Waals surface area (Å²) in [7, 11) is 0. The lowest BCUT2D eigenvalue weighted by Gasteiger charge is -2.22. The largest absolute Gasteiger partial charge is 0.474 e. The molecular formula is C15H15N5O2. The highest BCUT2D eigenvalue weighted by Gasteiger charge is 2.15. The van der Waals surface area contributed by atoms with Crippen molar-refractivity contribution in [3.63, 3.8) is 0 Å². The summed E-state index contributed by atoms with van der Waals surface area (Å²) < 4.78 is 11.1. The fraction of sp³-hybridized carbons (Fsp3) is 0.333. The molecule has 0 aromatic carbocycles. The first-order chi connectivity index (χ1) is 10.8. The van der Waals surface area contributed by atoms with Crippen molar-refractivity contribution >= 4 is 11.5 Å². The number of anilines is 2. The minimum atomic E-state index is 0.123. The summed E-state index contributed by atoms with van der Waals surface area (Å²) in [5.74, 6) is 1.27. The van der Waals surface area contributed by atoms with Gasteiger partial charge in [0.2, 0.25) is 11.7 Å². The maximum atomic E-state index is 8.78. The molecule has 1 saturated heterocycles. The molecule has 3 rings (SSSR count). The maximum absolute atomic E-state index is 8.78. The molecule has 0 unspecified atom stereocenters. The van der Waals surface area contributed by atoms with Crippen molar-refractivity contribution in [1.82, 2.24) is 15.0 Å². The van der Waals surface area contributed by atoms with Crippen LogP contribution in [0.1, 0.15) is 18.7 Å². The third-order valence-electron chi connectivity index (χ3n) is 3.22. The zero-order valence-corrected chi connectivity index (χ0v) is 11.9. The topological polar surface area (TPSA) is 93.0 Å². The van der Waals surface area contributed by atoms with Crippen LogP contribution in [0, 0.1) is 11.3 Å². The minimum absolute atomic E-state index is 0.123. The Hall–Kier alpha value is -2.72. The molecule has 1 fully saturated rings. The fourth-order valence-corrected chi connectivity index (χ4v) is 2.12. The van der Waals surface area contributed by atoms with Crippen LogP contribution in [0.4, 0.5) is 11.5 Å². The summed E-state index contributed by atoms with van der Waals surface area (Å²) in [5.41, 5.74) is 0.766. The highest BCUT2D eigenvalue weighted by atomic mass is 16.5. The van der Waals surface area contributed by atoms with Gasteiger partial charge >= 0.3 is 0 Å². The van der Waals surface area contributed by atoms with Crippen molar-refractivity contribution in [2.75, 3.05) is 18.5 Å². The van der Waals surface area contributed by atoms with E-state index >= 15 is 0 Å². The van der Waals surface area contributed by atoms with E-state index in [0.717, 1.165) is 31.7 Å². The second-order valence-corrected chi connectivity index (χ2v) is 4.82. The van der Waals surface area contributed by atoms with Gasteiger partial charge in [0.25, 0.3) is 0 Å². The van der Waals surface area contributed by atoms with Crippen molar-refractivity contribution in [3.8, 4) is 11.9 Å². The molecule has 0 saturated carbocycles. The predicted molar refractivity (Wildman–Crippen MR) is 78.7 cm³/mol. The van der Waals surface area contributed by atoms with E-state index in [2.05, 4.69) is 20.3 Å². The molecule has 7 nitrogen and oxygen atoms in total. The van der Waals surface area contributed by atoms with Crippen LogP contribution in [0.2, 0.25) is 0 Å². The normalized spacial score (nSPS) is 15.0. The fourth-order valence-electron chi connectivity index (χ4n) is 2.12. The Morgan fingerprint density at radius 3 is 2.82 bits per heavy atom. The summed E-state index contributed by atoms with van der Waals surface area (Å²) in [5, 5.41) is 11.8.